The Morgan fingerprint density at radius 3 is 2.48 bits per heavy atom. The Balaban J connectivity index is 1.45. The summed E-state index contributed by atoms with van der Waals surface area (Å²) in [7, 11) is 1.75. The number of aromatic nitrogens is 2. The molecule has 2 heterocycles. The van der Waals surface area contributed by atoms with Crippen molar-refractivity contribution in [1.29, 1.82) is 0 Å². The molecule has 0 bridgehead atoms. The van der Waals surface area contributed by atoms with Gasteiger partial charge in [-0.05, 0) is 42.2 Å². The van der Waals surface area contributed by atoms with Crippen LogP contribution >= 0.6 is 0 Å². The fourth-order valence-corrected chi connectivity index (χ4v) is 4.39. The van der Waals surface area contributed by atoms with Gasteiger partial charge < -0.3 is 19.4 Å². The van der Waals surface area contributed by atoms with Gasteiger partial charge in [-0.1, -0.05) is 65.0 Å². The van der Waals surface area contributed by atoms with Crippen LogP contribution in [0.3, 0.4) is 0 Å². The fourth-order valence-electron chi connectivity index (χ4n) is 4.39. The average Bonchev–Trinajstić information content (AvgIpc) is 3.41. The second-order valence-electron chi connectivity index (χ2n) is 11.5. The third-order valence-electron chi connectivity index (χ3n) is 6.53. The molecule has 2 aromatic heterocycles. The lowest BCUT2D eigenvalue weighted by Gasteiger charge is -2.26. The third kappa shape index (κ3) is 7.25. The SMILES string of the molecule is CC(C)C[C@@H](NC(=O)c1ccccc1OCc1ncc(C(C)(C)C)o1)C(=O)N(C)Cc1cnc2ccccc2c1. The number of carbonyl (C=O) groups excluding carboxylic acids is 2. The number of benzene rings is 2. The predicted molar refractivity (Wildman–Crippen MR) is 155 cm³/mol. The normalized spacial score (nSPS) is 12.4. The molecule has 0 fully saturated rings. The summed E-state index contributed by atoms with van der Waals surface area (Å²) in [6.07, 6.45) is 3.98. The Labute approximate surface area is 235 Å². The van der Waals surface area contributed by atoms with Crippen LogP contribution in [0.5, 0.6) is 5.75 Å². The number of pyridine rings is 1. The van der Waals surface area contributed by atoms with Crippen molar-refractivity contribution >= 4 is 22.7 Å². The van der Waals surface area contributed by atoms with Gasteiger partial charge in [-0.15, -0.1) is 0 Å². The number of nitrogens with one attached hydrogen (secondary N) is 1. The number of rotatable bonds is 10. The van der Waals surface area contributed by atoms with Crippen molar-refractivity contribution in [2.75, 3.05) is 7.05 Å². The first-order valence-corrected chi connectivity index (χ1v) is 13.6. The minimum atomic E-state index is -0.694. The molecular formula is C32H38N4O4. The summed E-state index contributed by atoms with van der Waals surface area (Å²) in [5, 5.41) is 3.98. The molecule has 0 aliphatic heterocycles. The molecule has 8 heteroatoms. The lowest BCUT2D eigenvalue weighted by Crippen LogP contribution is -2.47. The Bertz CT molecular complexity index is 1470. The number of fused-ring (bicyclic) bond motifs is 1. The molecule has 0 aliphatic carbocycles. The van der Waals surface area contributed by atoms with Gasteiger partial charge in [0.15, 0.2) is 6.61 Å². The highest BCUT2D eigenvalue weighted by atomic mass is 16.5. The van der Waals surface area contributed by atoms with Gasteiger partial charge in [0.2, 0.25) is 11.8 Å². The van der Waals surface area contributed by atoms with E-state index in [1.807, 2.05) is 65.0 Å². The van der Waals surface area contributed by atoms with Crippen LogP contribution in [0.1, 0.15) is 68.6 Å². The van der Waals surface area contributed by atoms with Crippen molar-refractivity contribution in [3.8, 4) is 5.75 Å². The van der Waals surface area contributed by atoms with E-state index in [-0.39, 0.29) is 29.8 Å². The molecule has 8 nitrogen and oxygen atoms in total. The van der Waals surface area contributed by atoms with Crippen LogP contribution < -0.4 is 10.1 Å². The summed E-state index contributed by atoms with van der Waals surface area (Å²) < 4.78 is 11.8. The summed E-state index contributed by atoms with van der Waals surface area (Å²) in [4.78, 5) is 37.4. The summed E-state index contributed by atoms with van der Waals surface area (Å²) in [6.45, 7) is 10.6. The summed E-state index contributed by atoms with van der Waals surface area (Å²) in [5.74, 6) is 1.23. The van der Waals surface area contributed by atoms with E-state index in [1.165, 1.54) is 0 Å². The monoisotopic (exact) mass is 542 g/mol. The summed E-state index contributed by atoms with van der Waals surface area (Å²) >= 11 is 0. The summed E-state index contributed by atoms with van der Waals surface area (Å²) in [5.41, 5.74) is 2.00. The Morgan fingerprint density at radius 2 is 1.75 bits per heavy atom. The largest absolute Gasteiger partial charge is 0.483 e. The Kier molecular flexibility index (Phi) is 8.87. The molecule has 0 spiro atoms. The predicted octanol–water partition coefficient (Wildman–Crippen LogP) is 5.90. The van der Waals surface area contributed by atoms with Crippen molar-refractivity contribution in [1.82, 2.24) is 20.2 Å². The quantitative estimate of drug-likeness (QED) is 0.268. The minimum Gasteiger partial charge on any atom is -0.483 e. The van der Waals surface area contributed by atoms with Crippen LogP contribution in [0, 0.1) is 5.92 Å². The lowest BCUT2D eigenvalue weighted by atomic mass is 9.94. The van der Waals surface area contributed by atoms with Crippen molar-refractivity contribution in [2.24, 2.45) is 5.92 Å². The molecule has 2 amide bonds. The zero-order chi connectivity index (χ0) is 28.9. The van der Waals surface area contributed by atoms with E-state index >= 15 is 0 Å². The molecule has 1 N–H and O–H groups in total. The maximum absolute atomic E-state index is 13.5. The number of ether oxygens (including phenoxy) is 1. The van der Waals surface area contributed by atoms with Crippen LogP contribution in [0.15, 0.2) is 71.4 Å². The van der Waals surface area contributed by atoms with Crippen molar-refractivity contribution < 1.29 is 18.7 Å². The van der Waals surface area contributed by atoms with Crippen LogP contribution in [0.4, 0.5) is 0 Å². The standard InChI is InChI=1S/C32H38N4O4/c1-21(2)15-26(31(38)36(6)19-22-16-23-11-7-9-13-25(23)33-17-22)35-30(37)24-12-8-10-14-27(24)39-20-29-34-18-28(40-29)32(3,4)5/h7-14,16-18,21,26H,15,19-20H2,1-6H3,(H,35,37)/t26-/m1/s1. The first-order chi connectivity index (χ1) is 19.0. The van der Waals surface area contributed by atoms with Gasteiger partial charge in [0, 0.05) is 30.6 Å². The number of oxazole rings is 1. The van der Waals surface area contributed by atoms with Crippen molar-refractivity contribution in [2.45, 2.75) is 65.6 Å². The number of hydrogen-bond donors (Lipinski definition) is 1. The second-order valence-corrected chi connectivity index (χ2v) is 11.5. The molecule has 0 unspecified atom stereocenters. The van der Waals surface area contributed by atoms with Gasteiger partial charge in [0.1, 0.15) is 17.6 Å². The molecule has 210 valence electrons. The molecular weight excluding hydrogens is 504 g/mol. The molecule has 1 atom stereocenters. The minimum absolute atomic E-state index is 0.0806. The molecule has 0 radical (unpaired) electrons. The molecule has 4 rings (SSSR count). The lowest BCUT2D eigenvalue weighted by molar-refractivity contribution is -0.132. The zero-order valence-electron chi connectivity index (χ0n) is 24.1. The van der Waals surface area contributed by atoms with E-state index in [1.54, 1.807) is 48.6 Å². The molecule has 0 aliphatic rings. The van der Waals surface area contributed by atoms with Crippen LogP contribution in [0.25, 0.3) is 10.9 Å². The van der Waals surface area contributed by atoms with Crippen LogP contribution in [-0.2, 0) is 23.4 Å². The Morgan fingerprint density at radius 1 is 1.02 bits per heavy atom. The van der Waals surface area contributed by atoms with Gasteiger partial charge in [-0.25, -0.2) is 4.98 Å². The molecule has 40 heavy (non-hydrogen) atoms. The van der Waals surface area contributed by atoms with Crippen molar-refractivity contribution in [3.63, 3.8) is 0 Å². The summed E-state index contributed by atoms with van der Waals surface area (Å²) in [6, 6.07) is 16.2. The highest BCUT2D eigenvalue weighted by Crippen LogP contribution is 2.24. The number of amides is 2. The number of likely N-dealkylation sites (N-methyl/N-ethyl adjacent to an activating group) is 1. The Hall–Kier alpha value is -4.20. The highest BCUT2D eigenvalue weighted by molar-refractivity contribution is 5.99. The first-order valence-electron chi connectivity index (χ1n) is 13.6. The van der Waals surface area contributed by atoms with Crippen LogP contribution in [0.2, 0.25) is 0 Å². The van der Waals surface area contributed by atoms with Crippen LogP contribution in [-0.4, -0.2) is 39.8 Å². The first kappa shape index (κ1) is 28.8. The van der Waals surface area contributed by atoms with Gasteiger partial charge in [-0.2, -0.15) is 0 Å². The van der Waals surface area contributed by atoms with Gasteiger partial charge in [-0.3, -0.25) is 14.6 Å². The van der Waals surface area contributed by atoms with E-state index < -0.39 is 6.04 Å². The van der Waals surface area contributed by atoms with Gasteiger partial charge in [0.05, 0.1) is 17.3 Å². The van der Waals surface area contributed by atoms with E-state index in [0.717, 1.165) is 22.2 Å². The average molecular weight is 543 g/mol. The molecule has 0 saturated carbocycles. The number of carbonyl (C=O) groups is 2. The van der Waals surface area contributed by atoms with E-state index in [9.17, 15) is 9.59 Å². The highest BCUT2D eigenvalue weighted by Gasteiger charge is 2.27. The topological polar surface area (TPSA) is 97.6 Å². The van der Waals surface area contributed by atoms with E-state index in [2.05, 4.69) is 15.3 Å². The third-order valence-corrected chi connectivity index (χ3v) is 6.53. The number of nitrogens with zero attached hydrogens (tertiary/aromatic N) is 3. The maximum Gasteiger partial charge on any atom is 0.255 e. The smallest absolute Gasteiger partial charge is 0.255 e. The van der Waals surface area contributed by atoms with Gasteiger partial charge >= 0.3 is 0 Å². The van der Waals surface area contributed by atoms with E-state index in [4.69, 9.17) is 9.15 Å². The number of hydrogen-bond acceptors (Lipinski definition) is 6. The molecule has 0 saturated heterocycles. The fraction of sp³-hybridized carbons (Fsp3) is 0.375. The molecule has 4 aromatic rings. The van der Waals surface area contributed by atoms with Gasteiger partial charge in [0.25, 0.3) is 5.91 Å². The second kappa shape index (κ2) is 12.3. The number of para-hydroxylation sites is 2. The van der Waals surface area contributed by atoms with Crippen molar-refractivity contribution in [3.05, 3.63) is 89.8 Å². The maximum atomic E-state index is 13.5. The zero-order valence-corrected chi connectivity index (χ0v) is 24.1. The molecule has 2 aromatic carbocycles. The van der Waals surface area contributed by atoms with E-state index in [0.29, 0.717) is 30.2 Å².